The Morgan fingerprint density at radius 2 is 1.82 bits per heavy atom. The molecule has 1 aliphatic rings. The Labute approximate surface area is 165 Å². The Morgan fingerprint density at radius 3 is 2.68 bits per heavy atom. The van der Waals surface area contributed by atoms with E-state index in [1.807, 2.05) is 42.5 Å². The van der Waals surface area contributed by atoms with Gasteiger partial charge in [0.05, 0.1) is 0 Å². The van der Waals surface area contributed by atoms with Crippen molar-refractivity contribution in [2.75, 3.05) is 5.32 Å². The largest absolute Gasteiger partial charge is 0.325 e. The first-order valence-electron chi connectivity index (χ1n) is 8.68. The van der Waals surface area contributed by atoms with Gasteiger partial charge in [0.1, 0.15) is 16.8 Å². The number of fused-ring (bicyclic) bond motifs is 1. The summed E-state index contributed by atoms with van der Waals surface area (Å²) < 4.78 is 13.7. The van der Waals surface area contributed by atoms with Crippen LogP contribution in [-0.4, -0.2) is 22.2 Å². The molecule has 7 heteroatoms. The molecule has 3 aromatic rings. The molecule has 0 aromatic heterocycles. The molecule has 1 heterocycles. The summed E-state index contributed by atoms with van der Waals surface area (Å²) in [7, 11) is 0. The van der Waals surface area contributed by atoms with Crippen molar-refractivity contribution in [2.24, 2.45) is 4.99 Å². The van der Waals surface area contributed by atoms with E-state index in [0.29, 0.717) is 5.69 Å². The van der Waals surface area contributed by atoms with Gasteiger partial charge < -0.3 is 10.6 Å². The maximum Gasteiger partial charge on any atom is 0.240 e. The summed E-state index contributed by atoms with van der Waals surface area (Å²) >= 11 is 1.13. The molecule has 0 saturated carbocycles. The van der Waals surface area contributed by atoms with Crippen molar-refractivity contribution in [2.45, 2.75) is 11.7 Å². The molecule has 0 radical (unpaired) electrons. The van der Waals surface area contributed by atoms with Crippen LogP contribution in [-0.2, 0) is 9.59 Å². The van der Waals surface area contributed by atoms with Crippen LogP contribution < -0.4 is 10.6 Å². The van der Waals surface area contributed by atoms with E-state index in [4.69, 9.17) is 0 Å². The maximum atomic E-state index is 13.7. The number of thioether (sulfide) groups is 1. The second kappa shape index (κ2) is 7.82. The van der Waals surface area contributed by atoms with Crippen LogP contribution in [0, 0.1) is 5.82 Å². The minimum atomic E-state index is -0.611. The molecule has 1 unspecified atom stereocenters. The SMILES string of the molecule is O=C(CC1SC(=Nc2ccccc2F)NC1=O)Nc1cccc2ccccc12. The van der Waals surface area contributed by atoms with Crippen molar-refractivity contribution in [1.29, 1.82) is 0 Å². The fourth-order valence-electron chi connectivity index (χ4n) is 2.95. The molecule has 3 aromatic carbocycles. The number of hydrogen-bond acceptors (Lipinski definition) is 4. The third-order valence-electron chi connectivity index (χ3n) is 4.29. The molecule has 2 amide bonds. The Kier molecular flexibility index (Phi) is 5.08. The zero-order valence-corrected chi connectivity index (χ0v) is 15.5. The van der Waals surface area contributed by atoms with E-state index >= 15 is 0 Å². The van der Waals surface area contributed by atoms with Crippen LogP contribution in [0.3, 0.4) is 0 Å². The zero-order chi connectivity index (χ0) is 19.5. The highest BCUT2D eigenvalue weighted by Crippen LogP contribution is 2.28. The summed E-state index contributed by atoms with van der Waals surface area (Å²) in [6, 6.07) is 19.5. The number of amidine groups is 1. The second-order valence-electron chi connectivity index (χ2n) is 6.24. The van der Waals surface area contributed by atoms with Gasteiger partial charge in [-0.2, -0.15) is 0 Å². The van der Waals surface area contributed by atoms with E-state index in [-0.39, 0.29) is 29.1 Å². The quantitative estimate of drug-likeness (QED) is 0.697. The number of nitrogens with one attached hydrogen (secondary N) is 2. The number of nitrogens with zero attached hydrogens (tertiary/aromatic N) is 1. The monoisotopic (exact) mass is 393 g/mol. The van der Waals surface area contributed by atoms with Crippen LogP contribution in [0.25, 0.3) is 10.8 Å². The average Bonchev–Trinajstić information content (AvgIpc) is 3.03. The zero-order valence-electron chi connectivity index (χ0n) is 14.7. The number of para-hydroxylation sites is 1. The number of halogens is 1. The molecule has 0 aliphatic carbocycles. The summed E-state index contributed by atoms with van der Waals surface area (Å²) in [6.07, 6.45) is -0.00396. The third kappa shape index (κ3) is 3.89. The first kappa shape index (κ1) is 18.2. The first-order chi connectivity index (χ1) is 13.6. The maximum absolute atomic E-state index is 13.7. The fraction of sp³-hybridized carbons (Fsp3) is 0.0952. The molecule has 4 rings (SSSR count). The lowest BCUT2D eigenvalue weighted by atomic mass is 10.1. The number of carbonyl (C=O) groups is 2. The molecule has 2 N–H and O–H groups in total. The van der Waals surface area contributed by atoms with E-state index in [9.17, 15) is 14.0 Å². The van der Waals surface area contributed by atoms with Gasteiger partial charge in [0.25, 0.3) is 0 Å². The minimum absolute atomic E-state index is 0.00396. The average molecular weight is 393 g/mol. The van der Waals surface area contributed by atoms with Gasteiger partial charge in [0.15, 0.2) is 5.17 Å². The van der Waals surface area contributed by atoms with Gasteiger partial charge in [0, 0.05) is 17.5 Å². The molecular formula is C21H16FN3O2S. The highest BCUT2D eigenvalue weighted by molar-refractivity contribution is 8.15. The van der Waals surface area contributed by atoms with E-state index in [1.54, 1.807) is 12.1 Å². The van der Waals surface area contributed by atoms with Crippen molar-refractivity contribution < 1.29 is 14.0 Å². The molecule has 1 atom stereocenters. The summed E-state index contributed by atoms with van der Waals surface area (Å²) in [5.74, 6) is -1.05. The molecule has 0 spiro atoms. The molecule has 0 bridgehead atoms. The van der Waals surface area contributed by atoms with Gasteiger partial charge in [0.2, 0.25) is 11.8 Å². The number of benzene rings is 3. The number of hydrogen-bond donors (Lipinski definition) is 2. The predicted octanol–water partition coefficient (Wildman–Crippen LogP) is 4.23. The van der Waals surface area contributed by atoms with Crippen molar-refractivity contribution in [3.05, 3.63) is 72.5 Å². The van der Waals surface area contributed by atoms with E-state index in [0.717, 1.165) is 22.5 Å². The Bertz CT molecular complexity index is 1090. The molecular weight excluding hydrogens is 377 g/mol. The molecule has 1 fully saturated rings. The van der Waals surface area contributed by atoms with Crippen LogP contribution in [0.15, 0.2) is 71.7 Å². The molecule has 5 nitrogen and oxygen atoms in total. The number of amides is 2. The Morgan fingerprint density at radius 1 is 1.07 bits per heavy atom. The van der Waals surface area contributed by atoms with Gasteiger partial charge in [-0.05, 0) is 23.6 Å². The van der Waals surface area contributed by atoms with Gasteiger partial charge in [-0.15, -0.1) is 0 Å². The number of anilines is 1. The van der Waals surface area contributed by atoms with Gasteiger partial charge in [-0.25, -0.2) is 9.38 Å². The first-order valence-corrected chi connectivity index (χ1v) is 9.56. The number of carbonyl (C=O) groups excluding carboxylic acids is 2. The highest BCUT2D eigenvalue weighted by Gasteiger charge is 2.32. The normalized spacial score (nSPS) is 17.7. The number of aliphatic imine (C=N–C) groups is 1. The second-order valence-corrected chi connectivity index (χ2v) is 7.43. The molecule has 1 aliphatic heterocycles. The number of rotatable bonds is 4. The minimum Gasteiger partial charge on any atom is -0.325 e. The van der Waals surface area contributed by atoms with Crippen LogP contribution in [0.4, 0.5) is 15.8 Å². The lowest BCUT2D eigenvalue weighted by molar-refractivity contribution is -0.122. The molecule has 1 saturated heterocycles. The van der Waals surface area contributed by atoms with Gasteiger partial charge in [-0.1, -0.05) is 60.3 Å². The van der Waals surface area contributed by atoms with Gasteiger partial charge in [-0.3, -0.25) is 9.59 Å². The summed E-state index contributed by atoms with van der Waals surface area (Å²) in [4.78, 5) is 28.8. The van der Waals surface area contributed by atoms with Crippen molar-refractivity contribution >= 4 is 50.9 Å². The Hall–Kier alpha value is -3.19. The third-order valence-corrected chi connectivity index (χ3v) is 5.37. The van der Waals surface area contributed by atoms with Crippen LogP contribution >= 0.6 is 11.8 Å². The van der Waals surface area contributed by atoms with Crippen LogP contribution in [0.1, 0.15) is 6.42 Å². The summed E-state index contributed by atoms with van der Waals surface area (Å²) in [6.45, 7) is 0. The lowest BCUT2D eigenvalue weighted by Crippen LogP contribution is -2.28. The van der Waals surface area contributed by atoms with Crippen LogP contribution in [0.5, 0.6) is 0 Å². The molecule has 28 heavy (non-hydrogen) atoms. The van der Waals surface area contributed by atoms with Crippen LogP contribution in [0.2, 0.25) is 0 Å². The van der Waals surface area contributed by atoms with E-state index in [2.05, 4.69) is 15.6 Å². The predicted molar refractivity (Wildman–Crippen MR) is 110 cm³/mol. The standard InChI is InChI=1S/C21H16FN3O2S/c22-15-9-3-4-10-17(15)24-21-25-20(27)18(28-21)12-19(26)23-16-11-5-7-13-6-1-2-8-14(13)16/h1-11,18H,12H2,(H,23,26)(H,24,25,27). The summed E-state index contributed by atoms with van der Waals surface area (Å²) in [5.41, 5.74) is 0.845. The van der Waals surface area contributed by atoms with Crippen molar-refractivity contribution in [3.63, 3.8) is 0 Å². The summed E-state index contributed by atoms with van der Waals surface area (Å²) in [5, 5.41) is 7.11. The lowest BCUT2D eigenvalue weighted by Gasteiger charge is -2.10. The van der Waals surface area contributed by atoms with Gasteiger partial charge >= 0.3 is 0 Å². The topological polar surface area (TPSA) is 70.6 Å². The van der Waals surface area contributed by atoms with Crippen molar-refractivity contribution in [3.8, 4) is 0 Å². The van der Waals surface area contributed by atoms with Crippen molar-refractivity contribution in [1.82, 2.24) is 5.32 Å². The Balaban J connectivity index is 1.45. The van der Waals surface area contributed by atoms with E-state index in [1.165, 1.54) is 12.1 Å². The molecule has 140 valence electrons. The van der Waals surface area contributed by atoms with E-state index < -0.39 is 11.1 Å². The highest BCUT2D eigenvalue weighted by atomic mass is 32.2. The fourth-order valence-corrected chi connectivity index (χ4v) is 3.93. The smallest absolute Gasteiger partial charge is 0.240 e.